The Morgan fingerprint density at radius 1 is 1.48 bits per heavy atom. The number of piperidine rings is 1. The van der Waals surface area contributed by atoms with Crippen LogP contribution < -0.4 is 5.32 Å². The molecular weight excluding hydrogens is 288 g/mol. The van der Waals surface area contributed by atoms with Gasteiger partial charge in [0.15, 0.2) is 0 Å². The molecule has 0 aromatic carbocycles. The van der Waals surface area contributed by atoms with Crippen LogP contribution in [0.4, 0.5) is 0 Å². The number of rotatable bonds is 3. The van der Waals surface area contributed by atoms with Crippen LogP contribution in [0.5, 0.6) is 0 Å². The minimum Gasteiger partial charge on any atom is -0.381 e. The fraction of sp³-hybridized carbons (Fsp3) is 0.938. The third-order valence-electron chi connectivity index (χ3n) is 5.61. The minimum absolute atomic E-state index is 0. The second kappa shape index (κ2) is 7.30. The van der Waals surface area contributed by atoms with Crippen molar-refractivity contribution in [3.8, 4) is 0 Å². The molecule has 4 nitrogen and oxygen atoms in total. The van der Waals surface area contributed by atoms with Gasteiger partial charge in [-0.2, -0.15) is 0 Å². The van der Waals surface area contributed by atoms with Gasteiger partial charge in [-0.25, -0.2) is 0 Å². The number of halogens is 1. The minimum atomic E-state index is 0. The van der Waals surface area contributed by atoms with Crippen LogP contribution in [0.2, 0.25) is 0 Å². The molecule has 3 aliphatic heterocycles. The molecule has 0 aromatic rings. The number of carbonyl (C=O) groups is 1. The van der Waals surface area contributed by atoms with Crippen molar-refractivity contribution in [2.75, 3.05) is 39.4 Å². The summed E-state index contributed by atoms with van der Waals surface area (Å²) in [5.74, 6) is 1.55. The van der Waals surface area contributed by atoms with Gasteiger partial charge in [0, 0.05) is 31.5 Å². The Morgan fingerprint density at radius 2 is 2.33 bits per heavy atom. The first-order valence-corrected chi connectivity index (χ1v) is 8.25. The Kier molecular flexibility index (Phi) is 5.92. The van der Waals surface area contributed by atoms with Crippen molar-refractivity contribution in [2.24, 2.45) is 17.3 Å². The van der Waals surface area contributed by atoms with E-state index >= 15 is 0 Å². The van der Waals surface area contributed by atoms with E-state index in [-0.39, 0.29) is 12.4 Å². The van der Waals surface area contributed by atoms with Crippen molar-refractivity contribution < 1.29 is 9.53 Å². The summed E-state index contributed by atoms with van der Waals surface area (Å²) in [5.41, 5.74) is 0.297. The standard InChI is InChI=1S/C16H28N2O2.ClH/c1-13(14-3-2-6-17-10-14)9-15(19)18-7-4-16(11-18)5-8-20-12-16;/h13-14,17H,2-12H2,1H3;1H. The van der Waals surface area contributed by atoms with E-state index in [1.807, 2.05) is 0 Å². The number of nitrogens with one attached hydrogen (secondary N) is 1. The zero-order valence-corrected chi connectivity index (χ0v) is 13.9. The van der Waals surface area contributed by atoms with Crippen molar-refractivity contribution in [3.05, 3.63) is 0 Å². The summed E-state index contributed by atoms with van der Waals surface area (Å²) >= 11 is 0. The van der Waals surface area contributed by atoms with Gasteiger partial charge >= 0.3 is 0 Å². The predicted octanol–water partition coefficient (Wildman–Crippen LogP) is 2.07. The molecule has 3 unspecified atom stereocenters. The van der Waals surface area contributed by atoms with Crippen LogP contribution in [0.25, 0.3) is 0 Å². The fourth-order valence-electron chi connectivity index (χ4n) is 4.06. The molecule has 0 radical (unpaired) electrons. The van der Waals surface area contributed by atoms with E-state index in [9.17, 15) is 4.79 Å². The Bertz CT molecular complexity index is 352. The highest BCUT2D eigenvalue weighted by molar-refractivity contribution is 5.85. The summed E-state index contributed by atoms with van der Waals surface area (Å²) in [7, 11) is 0. The molecule has 122 valence electrons. The number of carbonyl (C=O) groups excluding carboxylic acids is 1. The molecule has 0 saturated carbocycles. The molecule has 1 spiro atoms. The second-order valence-electron chi connectivity index (χ2n) is 7.16. The Balaban J connectivity index is 0.00000161. The summed E-state index contributed by atoms with van der Waals surface area (Å²) in [6, 6.07) is 0. The third kappa shape index (κ3) is 3.91. The van der Waals surface area contributed by atoms with Crippen LogP contribution >= 0.6 is 12.4 Å². The van der Waals surface area contributed by atoms with E-state index in [1.165, 1.54) is 12.8 Å². The molecule has 0 aromatic heterocycles. The Labute approximate surface area is 134 Å². The van der Waals surface area contributed by atoms with Crippen LogP contribution in [0.3, 0.4) is 0 Å². The molecule has 0 aliphatic carbocycles. The van der Waals surface area contributed by atoms with E-state index in [0.717, 1.165) is 58.7 Å². The Hall–Kier alpha value is -0.320. The lowest BCUT2D eigenvalue weighted by Crippen LogP contribution is -2.37. The maximum atomic E-state index is 12.5. The highest BCUT2D eigenvalue weighted by Crippen LogP contribution is 2.38. The van der Waals surface area contributed by atoms with Gasteiger partial charge in [0.2, 0.25) is 5.91 Å². The van der Waals surface area contributed by atoms with Gasteiger partial charge < -0.3 is 15.0 Å². The summed E-state index contributed by atoms with van der Waals surface area (Å²) in [6.07, 6.45) is 5.53. The average molecular weight is 317 g/mol. The molecule has 1 N–H and O–H groups in total. The maximum Gasteiger partial charge on any atom is 0.222 e. The average Bonchev–Trinajstić information content (AvgIpc) is 3.10. The van der Waals surface area contributed by atoms with Gasteiger partial charge in [-0.05, 0) is 50.6 Å². The molecule has 3 rings (SSSR count). The highest BCUT2D eigenvalue weighted by Gasteiger charge is 2.42. The van der Waals surface area contributed by atoms with E-state index < -0.39 is 0 Å². The molecule has 3 aliphatic rings. The molecule has 3 saturated heterocycles. The fourth-order valence-corrected chi connectivity index (χ4v) is 4.06. The third-order valence-corrected chi connectivity index (χ3v) is 5.61. The first-order valence-electron chi connectivity index (χ1n) is 8.25. The summed E-state index contributed by atoms with van der Waals surface area (Å²) in [5, 5.41) is 3.46. The van der Waals surface area contributed by atoms with E-state index in [1.54, 1.807) is 0 Å². The molecule has 0 bridgehead atoms. The van der Waals surface area contributed by atoms with Crippen LogP contribution in [-0.4, -0.2) is 50.2 Å². The Morgan fingerprint density at radius 3 is 3.00 bits per heavy atom. The second-order valence-corrected chi connectivity index (χ2v) is 7.16. The molecular formula is C16H29ClN2O2. The van der Waals surface area contributed by atoms with Crippen molar-refractivity contribution in [1.82, 2.24) is 10.2 Å². The number of likely N-dealkylation sites (tertiary alicyclic amines) is 1. The molecule has 5 heteroatoms. The number of nitrogens with zero attached hydrogens (tertiary/aromatic N) is 1. The topological polar surface area (TPSA) is 41.6 Å². The summed E-state index contributed by atoms with van der Waals surface area (Å²) in [6.45, 7) is 8.10. The molecule has 3 heterocycles. The zero-order chi connectivity index (χ0) is 14.0. The largest absolute Gasteiger partial charge is 0.381 e. The number of hydrogen-bond donors (Lipinski definition) is 1. The molecule has 21 heavy (non-hydrogen) atoms. The zero-order valence-electron chi connectivity index (χ0n) is 13.1. The van der Waals surface area contributed by atoms with Gasteiger partial charge in [0.05, 0.1) is 6.61 Å². The first-order chi connectivity index (χ1) is 9.69. The van der Waals surface area contributed by atoms with Crippen LogP contribution in [0.1, 0.15) is 39.0 Å². The molecule has 1 amide bonds. The van der Waals surface area contributed by atoms with Gasteiger partial charge in [-0.15, -0.1) is 12.4 Å². The quantitative estimate of drug-likeness (QED) is 0.866. The van der Waals surface area contributed by atoms with Gasteiger partial charge in [-0.3, -0.25) is 4.79 Å². The predicted molar refractivity (Wildman–Crippen MR) is 85.7 cm³/mol. The van der Waals surface area contributed by atoms with Gasteiger partial charge in [0.1, 0.15) is 0 Å². The van der Waals surface area contributed by atoms with Crippen molar-refractivity contribution in [3.63, 3.8) is 0 Å². The van der Waals surface area contributed by atoms with E-state index in [4.69, 9.17) is 4.74 Å². The lowest BCUT2D eigenvalue weighted by Gasteiger charge is -2.29. The van der Waals surface area contributed by atoms with Crippen LogP contribution in [-0.2, 0) is 9.53 Å². The monoisotopic (exact) mass is 316 g/mol. The highest BCUT2D eigenvalue weighted by atomic mass is 35.5. The van der Waals surface area contributed by atoms with Crippen molar-refractivity contribution in [2.45, 2.75) is 39.0 Å². The lowest BCUT2D eigenvalue weighted by molar-refractivity contribution is -0.131. The SMILES string of the molecule is CC(CC(=O)N1CCC2(CCOC2)C1)C1CCCNC1.Cl. The molecule has 3 atom stereocenters. The van der Waals surface area contributed by atoms with Crippen LogP contribution in [0.15, 0.2) is 0 Å². The van der Waals surface area contributed by atoms with Crippen LogP contribution in [0, 0.1) is 17.3 Å². The van der Waals surface area contributed by atoms with Crippen molar-refractivity contribution >= 4 is 18.3 Å². The number of hydrogen-bond acceptors (Lipinski definition) is 3. The lowest BCUT2D eigenvalue weighted by atomic mass is 9.85. The van der Waals surface area contributed by atoms with E-state index in [2.05, 4.69) is 17.1 Å². The smallest absolute Gasteiger partial charge is 0.222 e. The number of amides is 1. The summed E-state index contributed by atoms with van der Waals surface area (Å²) in [4.78, 5) is 14.6. The van der Waals surface area contributed by atoms with Gasteiger partial charge in [-0.1, -0.05) is 6.92 Å². The van der Waals surface area contributed by atoms with E-state index in [0.29, 0.717) is 23.2 Å². The maximum absolute atomic E-state index is 12.5. The first kappa shape index (κ1) is 17.0. The normalized spacial score (nSPS) is 34.0. The van der Waals surface area contributed by atoms with Gasteiger partial charge in [0.25, 0.3) is 0 Å². The summed E-state index contributed by atoms with van der Waals surface area (Å²) < 4.78 is 5.54. The molecule has 3 fully saturated rings. The van der Waals surface area contributed by atoms with Crippen molar-refractivity contribution in [1.29, 1.82) is 0 Å². The number of ether oxygens (including phenoxy) is 1.